The summed E-state index contributed by atoms with van der Waals surface area (Å²) in [5, 5.41) is 0. The molecule has 1 aromatic carbocycles. The summed E-state index contributed by atoms with van der Waals surface area (Å²) in [6, 6.07) is 6.96. The molecule has 92 valence electrons. The first-order chi connectivity index (χ1) is 8.49. The average molecular weight is 242 g/mol. The SMILES string of the molecule is CC1(C)OC1CC1=CC(=O)c2ccccc2C1=O. The van der Waals surface area contributed by atoms with E-state index in [9.17, 15) is 9.59 Å². The number of carbonyl (C=O) groups is 2. The summed E-state index contributed by atoms with van der Waals surface area (Å²) in [6.45, 7) is 3.97. The first-order valence-electron chi connectivity index (χ1n) is 6.05. The average Bonchev–Trinajstić information content (AvgIpc) is 2.93. The highest BCUT2D eigenvalue weighted by molar-refractivity contribution is 6.24. The fourth-order valence-electron chi connectivity index (χ4n) is 2.34. The molecule has 1 aliphatic carbocycles. The maximum atomic E-state index is 12.3. The minimum atomic E-state index is -0.166. The second kappa shape index (κ2) is 3.62. The maximum Gasteiger partial charge on any atom is 0.189 e. The van der Waals surface area contributed by atoms with Gasteiger partial charge in [0.05, 0.1) is 11.7 Å². The van der Waals surface area contributed by atoms with Crippen LogP contribution in [0, 0.1) is 0 Å². The second-order valence-electron chi connectivity index (χ2n) is 5.32. The van der Waals surface area contributed by atoms with Gasteiger partial charge in [-0.1, -0.05) is 24.3 Å². The van der Waals surface area contributed by atoms with Gasteiger partial charge in [-0.05, 0) is 19.9 Å². The topological polar surface area (TPSA) is 46.7 Å². The van der Waals surface area contributed by atoms with Gasteiger partial charge in [-0.3, -0.25) is 9.59 Å². The molecule has 1 aliphatic heterocycles. The van der Waals surface area contributed by atoms with Crippen LogP contribution < -0.4 is 0 Å². The van der Waals surface area contributed by atoms with Crippen molar-refractivity contribution in [1.29, 1.82) is 0 Å². The fraction of sp³-hybridized carbons (Fsp3) is 0.333. The van der Waals surface area contributed by atoms with Gasteiger partial charge in [0.1, 0.15) is 0 Å². The molecule has 0 aromatic heterocycles. The van der Waals surface area contributed by atoms with Gasteiger partial charge < -0.3 is 4.74 Å². The van der Waals surface area contributed by atoms with Crippen LogP contribution in [-0.2, 0) is 4.74 Å². The lowest BCUT2D eigenvalue weighted by Crippen LogP contribution is -2.18. The van der Waals surface area contributed by atoms with Gasteiger partial charge in [0.25, 0.3) is 0 Å². The van der Waals surface area contributed by atoms with Crippen molar-refractivity contribution in [2.24, 2.45) is 0 Å². The molecule has 0 N–H and O–H groups in total. The summed E-state index contributed by atoms with van der Waals surface area (Å²) in [5.41, 5.74) is 1.41. The van der Waals surface area contributed by atoms with E-state index >= 15 is 0 Å². The van der Waals surface area contributed by atoms with Crippen LogP contribution in [0.2, 0.25) is 0 Å². The Morgan fingerprint density at radius 1 is 1.17 bits per heavy atom. The molecule has 3 heteroatoms. The van der Waals surface area contributed by atoms with Crippen molar-refractivity contribution >= 4 is 11.6 Å². The Labute approximate surface area is 105 Å². The number of ether oxygens (including phenoxy) is 1. The number of fused-ring (bicyclic) bond motifs is 1. The molecular formula is C15H14O3. The summed E-state index contributed by atoms with van der Waals surface area (Å²) in [7, 11) is 0. The summed E-state index contributed by atoms with van der Waals surface area (Å²) in [5.74, 6) is -0.129. The van der Waals surface area contributed by atoms with Crippen LogP contribution in [0.5, 0.6) is 0 Å². The van der Waals surface area contributed by atoms with Gasteiger partial charge >= 0.3 is 0 Å². The minimum Gasteiger partial charge on any atom is -0.366 e. The van der Waals surface area contributed by atoms with Crippen LogP contribution in [0.4, 0.5) is 0 Å². The molecule has 0 bridgehead atoms. The van der Waals surface area contributed by atoms with Crippen molar-refractivity contribution in [2.45, 2.75) is 32.0 Å². The monoisotopic (exact) mass is 242 g/mol. The zero-order valence-electron chi connectivity index (χ0n) is 10.4. The Bertz CT molecular complexity index is 581. The number of benzene rings is 1. The van der Waals surface area contributed by atoms with E-state index in [4.69, 9.17) is 4.74 Å². The summed E-state index contributed by atoms with van der Waals surface area (Å²) in [6.07, 6.45) is 2.03. The number of allylic oxidation sites excluding steroid dienone is 1. The third-order valence-electron chi connectivity index (χ3n) is 3.60. The third kappa shape index (κ3) is 1.71. The van der Waals surface area contributed by atoms with Crippen LogP contribution >= 0.6 is 0 Å². The van der Waals surface area contributed by atoms with E-state index < -0.39 is 0 Å². The van der Waals surface area contributed by atoms with Crippen LogP contribution in [0.1, 0.15) is 41.0 Å². The largest absolute Gasteiger partial charge is 0.366 e. The smallest absolute Gasteiger partial charge is 0.189 e. The second-order valence-corrected chi connectivity index (χ2v) is 5.32. The fourth-order valence-corrected chi connectivity index (χ4v) is 2.34. The number of hydrogen-bond donors (Lipinski definition) is 0. The van der Waals surface area contributed by atoms with Crippen molar-refractivity contribution in [3.8, 4) is 0 Å². The molecule has 18 heavy (non-hydrogen) atoms. The van der Waals surface area contributed by atoms with Gasteiger partial charge in [0.2, 0.25) is 0 Å². The molecule has 1 aromatic rings. The van der Waals surface area contributed by atoms with Gasteiger partial charge in [0.15, 0.2) is 11.6 Å². The summed E-state index contributed by atoms with van der Waals surface area (Å²) in [4.78, 5) is 24.2. The zero-order chi connectivity index (χ0) is 12.9. The highest BCUT2D eigenvalue weighted by Crippen LogP contribution is 2.40. The molecule has 1 saturated heterocycles. The lowest BCUT2D eigenvalue weighted by Gasteiger charge is -2.14. The Hall–Kier alpha value is -1.74. The quantitative estimate of drug-likeness (QED) is 0.749. The van der Waals surface area contributed by atoms with E-state index in [1.165, 1.54) is 6.08 Å². The number of hydrogen-bond acceptors (Lipinski definition) is 3. The van der Waals surface area contributed by atoms with E-state index in [1.807, 2.05) is 13.8 Å². The zero-order valence-corrected chi connectivity index (χ0v) is 10.4. The molecule has 1 unspecified atom stereocenters. The van der Waals surface area contributed by atoms with Crippen molar-refractivity contribution in [1.82, 2.24) is 0 Å². The van der Waals surface area contributed by atoms with Crippen LogP contribution in [-0.4, -0.2) is 23.3 Å². The Morgan fingerprint density at radius 2 is 1.78 bits per heavy atom. The van der Waals surface area contributed by atoms with Crippen LogP contribution in [0.25, 0.3) is 0 Å². The van der Waals surface area contributed by atoms with E-state index in [1.54, 1.807) is 24.3 Å². The van der Waals surface area contributed by atoms with E-state index in [-0.39, 0.29) is 23.3 Å². The molecule has 0 amide bonds. The number of ketones is 2. The Kier molecular flexibility index (Phi) is 2.29. The predicted molar refractivity (Wildman–Crippen MR) is 66.8 cm³/mol. The van der Waals surface area contributed by atoms with Crippen molar-refractivity contribution in [3.63, 3.8) is 0 Å². The standard InChI is InChI=1S/C15H14O3/c1-15(2)13(18-15)8-9-7-12(16)10-5-3-4-6-11(10)14(9)17/h3-7,13H,8H2,1-2H3. The van der Waals surface area contributed by atoms with Gasteiger partial charge in [-0.2, -0.15) is 0 Å². The van der Waals surface area contributed by atoms with E-state index in [0.717, 1.165) is 0 Å². The first-order valence-corrected chi connectivity index (χ1v) is 6.05. The van der Waals surface area contributed by atoms with Gasteiger partial charge in [-0.15, -0.1) is 0 Å². The molecule has 0 spiro atoms. The lowest BCUT2D eigenvalue weighted by atomic mass is 9.86. The number of rotatable bonds is 2. The van der Waals surface area contributed by atoms with Crippen molar-refractivity contribution < 1.29 is 14.3 Å². The summed E-state index contributed by atoms with van der Waals surface area (Å²) < 4.78 is 5.47. The first kappa shape index (κ1) is 11.4. The van der Waals surface area contributed by atoms with E-state index in [0.29, 0.717) is 23.1 Å². The van der Waals surface area contributed by atoms with E-state index in [2.05, 4.69) is 0 Å². The van der Waals surface area contributed by atoms with Crippen molar-refractivity contribution in [2.75, 3.05) is 0 Å². The van der Waals surface area contributed by atoms with Gasteiger partial charge in [-0.25, -0.2) is 0 Å². The number of Topliss-reactive ketones (excluding diaryl/α,β-unsaturated/α-hetero) is 1. The highest BCUT2D eigenvalue weighted by Gasteiger charge is 2.48. The normalized spacial score (nSPS) is 24.6. The van der Waals surface area contributed by atoms with Crippen molar-refractivity contribution in [3.05, 3.63) is 47.0 Å². The Balaban J connectivity index is 1.91. The third-order valence-corrected chi connectivity index (χ3v) is 3.60. The molecule has 3 nitrogen and oxygen atoms in total. The number of carbonyl (C=O) groups excluding carboxylic acids is 2. The molecule has 0 radical (unpaired) electrons. The molecule has 1 heterocycles. The number of epoxide rings is 1. The molecular weight excluding hydrogens is 228 g/mol. The van der Waals surface area contributed by atoms with Gasteiger partial charge in [0, 0.05) is 23.1 Å². The van der Waals surface area contributed by atoms with Crippen LogP contribution in [0.3, 0.4) is 0 Å². The predicted octanol–water partition coefficient (Wildman–Crippen LogP) is 2.56. The van der Waals surface area contributed by atoms with Crippen LogP contribution in [0.15, 0.2) is 35.9 Å². The molecule has 1 atom stereocenters. The molecule has 1 fully saturated rings. The molecule has 2 aliphatic rings. The Morgan fingerprint density at radius 3 is 2.39 bits per heavy atom. The summed E-state index contributed by atoms with van der Waals surface area (Å²) >= 11 is 0. The molecule has 3 rings (SSSR count). The minimum absolute atomic E-state index is 0.0449. The highest BCUT2D eigenvalue weighted by atomic mass is 16.6. The molecule has 0 saturated carbocycles. The lowest BCUT2D eigenvalue weighted by molar-refractivity contribution is 0.0980. The maximum absolute atomic E-state index is 12.3.